The van der Waals surface area contributed by atoms with Crippen molar-refractivity contribution in [2.75, 3.05) is 13.7 Å². The Bertz CT molecular complexity index is 1160. The number of amides is 3. The zero-order valence-corrected chi connectivity index (χ0v) is 21.0. The van der Waals surface area contributed by atoms with E-state index in [0.29, 0.717) is 6.42 Å². The molecule has 11 heteroatoms. The number of thioether (sulfide) groups is 1. The minimum absolute atomic E-state index is 0.00520. The number of nitrogens with zero attached hydrogens (tertiary/aromatic N) is 4. The number of nitrogens with one attached hydrogen (secondary N) is 2. The Labute approximate surface area is 208 Å². The number of carbonyl (C=O) groups is 3. The third-order valence-corrected chi connectivity index (χ3v) is 10.2. The van der Waals surface area contributed by atoms with Gasteiger partial charge in [-0.2, -0.15) is 0 Å². The van der Waals surface area contributed by atoms with Crippen molar-refractivity contribution in [3.63, 3.8) is 0 Å². The van der Waals surface area contributed by atoms with Crippen molar-refractivity contribution in [1.29, 1.82) is 0 Å². The molecule has 3 aliphatic heterocycles. The number of rotatable bonds is 8. The molecule has 3 fully saturated rings. The van der Waals surface area contributed by atoms with Gasteiger partial charge in [-0.3, -0.25) is 14.4 Å². The SMILES string of the molecule is CC[C@H](C)[C@H](CO)N1C(=O)[C@@H]2[C@H](C(=O)NC)[C@@H]3CCC2(S3)C1C(=O)NCn1nnc2ccccc21. The number of fused-ring (bicyclic) bond motifs is 2. The summed E-state index contributed by atoms with van der Waals surface area (Å²) in [5.74, 6) is -1.68. The van der Waals surface area contributed by atoms with E-state index in [0.717, 1.165) is 23.9 Å². The molecule has 4 heterocycles. The smallest absolute Gasteiger partial charge is 0.245 e. The van der Waals surface area contributed by atoms with Gasteiger partial charge in [0.1, 0.15) is 18.2 Å². The standard InChI is InChI=1S/C24H32N6O4S/c1-4-13(2)16(11-31)30-20(22(33)26-12-29-15-8-6-5-7-14(15)27-28-29)24-10-9-17(35-24)18(21(32)25-3)19(24)23(30)34/h5-8,13,16-20,31H,4,9-12H2,1-3H3,(H,25,32)(H,26,33)/t13-,16-,17-,18+,19-,20?,24?/m0/s1. The molecule has 1 spiro atoms. The molecule has 35 heavy (non-hydrogen) atoms. The van der Waals surface area contributed by atoms with Crippen LogP contribution in [0.15, 0.2) is 24.3 Å². The van der Waals surface area contributed by atoms with Crippen LogP contribution in [0.5, 0.6) is 0 Å². The van der Waals surface area contributed by atoms with Gasteiger partial charge in [0.15, 0.2) is 0 Å². The van der Waals surface area contributed by atoms with Crippen LogP contribution in [-0.4, -0.2) is 78.5 Å². The fourth-order valence-corrected chi connectivity index (χ4v) is 8.52. The van der Waals surface area contributed by atoms with Gasteiger partial charge in [-0.05, 0) is 30.9 Å². The van der Waals surface area contributed by atoms with Gasteiger partial charge < -0.3 is 20.6 Å². The summed E-state index contributed by atoms with van der Waals surface area (Å²) in [5.41, 5.74) is 1.53. The summed E-state index contributed by atoms with van der Waals surface area (Å²) >= 11 is 1.62. The highest BCUT2D eigenvalue weighted by molar-refractivity contribution is 8.02. The Hall–Kier alpha value is -2.66. The van der Waals surface area contributed by atoms with Crippen molar-refractivity contribution in [2.24, 2.45) is 17.8 Å². The molecule has 188 valence electrons. The highest BCUT2D eigenvalue weighted by Crippen LogP contribution is 2.66. The fourth-order valence-electron chi connectivity index (χ4n) is 6.31. The van der Waals surface area contributed by atoms with Crippen molar-refractivity contribution in [2.45, 2.75) is 61.9 Å². The Morgan fingerprint density at radius 2 is 2.09 bits per heavy atom. The van der Waals surface area contributed by atoms with Gasteiger partial charge >= 0.3 is 0 Å². The number of aromatic nitrogens is 3. The van der Waals surface area contributed by atoms with Crippen LogP contribution in [0.25, 0.3) is 11.0 Å². The molecule has 0 radical (unpaired) electrons. The van der Waals surface area contributed by atoms with E-state index in [2.05, 4.69) is 20.9 Å². The third-order valence-electron chi connectivity index (χ3n) is 8.20. The predicted molar refractivity (Wildman–Crippen MR) is 131 cm³/mol. The van der Waals surface area contributed by atoms with Crippen LogP contribution in [0, 0.1) is 17.8 Å². The molecule has 7 atom stereocenters. The molecule has 3 aliphatic rings. The zero-order chi connectivity index (χ0) is 24.9. The summed E-state index contributed by atoms with van der Waals surface area (Å²) in [6, 6.07) is 6.23. The average Bonchev–Trinajstić information content (AvgIpc) is 3.62. The minimum Gasteiger partial charge on any atom is -0.394 e. The lowest BCUT2D eigenvalue weighted by atomic mass is 9.71. The van der Waals surface area contributed by atoms with Crippen LogP contribution in [-0.2, 0) is 21.1 Å². The van der Waals surface area contributed by atoms with Crippen LogP contribution < -0.4 is 10.6 Å². The van der Waals surface area contributed by atoms with Crippen LogP contribution in [0.4, 0.5) is 0 Å². The lowest BCUT2D eigenvalue weighted by Gasteiger charge is -2.39. The molecule has 3 amide bonds. The van der Waals surface area contributed by atoms with Crippen LogP contribution in [0.3, 0.4) is 0 Å². The largest absolute Gasteiger partial charge is 0.394 e. The second-order valence-electron chi connectivity index (χ2n) is 9.83. The second kappa shape index (κ2) is 9.09. The van der Waals surface area contributed by atoms with E-state index in [9.17, 15) is 19.5 Å². The van der Waals surface area contributed by atoms with E-state index in [1.165, 1.54) is 0 Å². The Morgan fingerprint density at radius 1 is 1.31 bits per heavy atom. The topological polar surface area (TPSA) is 129 Å². The van der Waals surface area contributed by atoms with Crippen molar-refractivity contribution < 1.29 is 19.5 Å². The average molecular weight is 501 g/mol. The highest BCUT2D eigenvalue weighted by atomic mass is 32.2. The number of likely N-dealkylation sites (tertiary alicyclic amines) is 1. The number of carbonyl (C=O) groups excluding carboxylic acids is 3. The fraction of sp³-hybridized carbons (Fsp3) is 0.625. The van der Waals surface area contributed by atoms with Gasteiger partial charge in [-0.15, -0.1) is 16.9 Å². The van der Waals surface area contributed by atoms with E-state index in [-0.39, 0.29) is 42.2 Å². The van der Waals surface area contributed by atoms with Crippen molar-refractivity contribution in [1.82, 2.24) is 30.5 Å². The van der Waals surface area contributed by atoms with Crippen LogP contribution in [0.2, 0.25) is 0 Å². The minimum atomic E-state index is -0.773. The summed E-state index contributed by atoms with van der Waals surface area (Å²) in [6.07, 6.45) is 2.22. The summed E-state index contributed by atoms with van der Waals surface area (Å²) in [7, 11) is 1.59. The molecule has 2 aromatic rings. The van der Waals surface area contributed by atoms with E-state index in [1.54, 1.807) is 28.4 Å². The lowest BCUT2D eigenvalue weighted by molar-refractivity contribution is -0.144. The van der Waals surface area contributed by atoms with E-state index in [1.807, 2.05) is 38.1 Å². The van der Waals surface area contributed by atoms with Gasteiger partial charge in [-0.1, -0.05) is 37.6 Å². The van der Waals surface area contributed by atoms with Gasteiger partial charge in [-0.25, -0.2) is 4.68 Å². The Morgan fingerprint density at radius 3 is 2.80 bits per heavy atom. The van der Waals surface area contributed by atoms with Crippen molar-refractivity contribution >= 4 is 40.5 Å². The Balaban J connectivity index is 1.49. The highest BCUT2D eigenvalue weighted by Gasteiger charge is 2.74. The number of hydrogen-bond donors (Lipinski definition) is 3. The first-order chi connectivity index (χ1) is 16.9. The predicted octanol–water partition coefficient (Wildman–Crippen LogP) is 0.749. The zero-order valence-electron chi connectivity index (χ0n) is 20.2. The normalized spacial score (nSPS) is 31.0. The molecule has 2 bridgehead atoms. The van der Waals surface area contributed by atoms with Crippen LogP contribution >= 0.6 is 11.8 Å². The first-order valence-electron chi connectivity index (χ1n) is 12.3. The maximum atomic E-state index is 14.0. The third kappa shape index (κ3) is 3.54. The molecule has 5 rings (SSSR count). The summed E-state index contributed by atoms with van der Waals surface area (Å²) < 4.78 is 0.933. The maximum Gasteiger partial charge on any atom is 0.245 e. The van der Waals surface area contributed by atoms with E-state index < -0.39 is 28.7 Å². The molecule has 0 aliphatic carbocycles. The molecule has 0 saturated carbocycles. The lowest BCUT2D eigenvalue weighted by Crippen LogP contribution is -2.58. The van der Waals surface area contributed by atoms with Crippen LogP contribution in [0.1, 0.15) is 33.1 Å². The van der Waals surface area contributed by atoms with Crippen molar-refractivity contribution in [3.05, 3.63) is 24.3 Å². The molecule has 1 aromatic carbocycles. The second-order valence-corrected chi connectivity index (χ2v) is 11.4. The van der Waals surface area contributed by atoms with Gasteiger partial charge in [0.25, 0.3) is 0 Å². The quantitative estimate of drug-likeness (QED) is 0.488. The summed E-state index contributed by atoms with van der Waals surface area (Å²) in [4.78, 5) is 42.3. The first kappa shape index (κ1) is 24.1. The summed E-state index contributed by atoms with van der Waals surface area (Å²) in [5, 5.41) is 24.3. The number of aliphatic hydroxyl groups is 1. The molecular weight excluding hydrogens is 468 g/mol. The number of benzene rings is 1. The Kier molecular flexibility index (Phi) is 6.25. The van der Waals surface area contributed by atoms with Gasteiger partial charge in [0.05, 0.1) is 34.7 Å². The van der Waals surface area contributed by atoms with E-state index in [4.69, 9.17) is 0 Å². The first-order valence-corrected chi connectivity index (χ1v) is 13.1. The van der Waals surface area contributed by atoms with Gasteiger partial charge in [0.2, 0.25) is 17.7 Å². The van der Waals surface area contributed by atoms with E-state index >= 15 is 0 Å². The maximum absolute atomic E-state index is 14.0. The molecule has 3 saturated heterocycles. The summed E-state index contributed by atoms with van der Waals surface area (Å²) in [6.45, 7) is 3.86. The molecule has 1 aromatic heterocycles. The molecular formula is C24H32N6O4S. The number of aliphatic hydroxyl groups excluding tert-OH is 1. The molecule has 3 N–H and O–H groups in total. The molecule has 10 nitrogen and oxygen atoms in total. The number of para-hydroxylation sites is 1. The van der Waals surface area contributed by atoms with Gasteiger partial charge in [0, 0.05) is 12.3 Å². The van der Waals surface area contributed by atoms with Crippen molar-refractivity contribution in [3.8, 4) is 0 Å². The molecule has 2 unspecified atom stereocenters. The number of hydrogen-bond acceptors (Lipinski definition) is 7. The monoisotopic (exact) mass is 500 g/mol.